The van der Waals surface area contributed by atoms with Crippen molar-refractivity contribution < 1.29 is 14.0 Å². The zero-order valence-corrected chi connectivity index (χ0v) is 14.0. The number of likely N-dealkylation sites (tertiary alicyclic amines) is 1. The van der Waals surface area contributed by atoms with Crippen LogP contribution in [0.1, 0.15) is 23.9 Å². The molecule has 8 heteroatoms. The summed E-state index contributed by atoms with van der Waals surface area (Å²) in [7, 11) is 0. The third-order valence-electron chi connectivity index (χ3n) is 3.91. The number of carbonyl (C=O) groups excluding carboxylic acids is 2. The van der Waals surface area contributed by atoms with Gasteiger partial charge in [-0.05, 0) is 24.6 Å². The number of nitrogens with one attached hydrogen (secondary N) is 1. The van der Waals surface area contributed by atoms with Gasteiger partial charge in [0.1, 0.15) is 10.8 Å². The van der Waals surface area contributed by atoms with Gasteiger partial charge in [0.05, 0.1) is 5.92 Å². The Balaban J connectivity index is 1.60. The summed E-state index contributed by atoms with van der Waals surface area (Å²) in [4.78, 5) is 25.6. The van der Waals surface area contributed by atoms with Crippen molar-refractivity contribution in [2.45, 2.75) is 19.8 Å². The molecule has 2 aromatic rings. The van der Waals surface area contributed by atoms with E-state index in [-0.39, 0.29) is 30.0 Å². The van der Waals surface area contributed by atoms with Gasteiger partial charge in [-0.3, -0.25) is 9.59 Å². The first-order valence-corrected chi connectivity index (χ1v) is 8.52. The van der Waals surface area contributed by atoms with Crippen LogP contribution in [0.5, 0.6) is 0 Å². The fourth-order valence-electron chi connectivity index (χ4n) is 2.66. The molecule has 24 heavy (non-hydrogen) atoms. The van der Waals surface area contributed by atoms with Crippen molar-refractivity contribution in [3.05, 3.63) is 40.7 Å². The molecule has 3 rings (SSSR count). The van der Waals surface area contributed by atoms with Gasteiger partial charge in [-0.25, -0.2) is 4.39 Å². The summed E-state index contributed by atoms with van der Waals surface area (Å²) >= 11 is 1.25. The molecule has 1 unspecified atom stereocenters. The number of amides is 2. The van der Waals surface area contributed by atoms with Crippen molar-refractivity contribution in [2.24, 2.45) is 5.92 Å². The highest BCUT2D eigenvalue weighted by Crippen LogP contribution is 2.22. The van der Waals surface area contributed by atoms with Crippen molar-refractivity contribution in [1.29, 1.82) is 0 Å². The predicted molar refractivity (Wildman–Crippen MR) is 88.1 cm³/mol. The summed E-state index contributed by atoms with van der Waals surface area (Å²) in [5, 5.41) is 11.8. The molecule has 1 aliphatic rings. The van der Waals surface area contributed by atoms with Crippen molar-refractivity contribution >= 4 is 28.3 Å². The molecule has 126 valence electrons. The summed E-state index contributed by atoms with van der Waals surface area (Å²) in [5.41, 5.74) is 0.795. The van der Waals surface area contributed by atoms with E-state index in [9.17, 15) is 14.0 Å². The first-order valence-electron chi connectivity index (χ1n) is 7.70. The van der Waals surface area contributed by atoms with Crippen molar-refractivity contribution in [1.82, 2.24) is 15.1 Å². The van der Waals surface area contributed by atoms with E-state index in [1.807, 2.05) is 13.0 Å². The molecule has 0 bridgehead atoms. The Hall–Kier alpha value is -2.35. The number of hydrogen-bond acceptors (Lipinski definition) is 5. The van der Waals surface area contributed by atoms with Crippen LogP contribution < -0.4 is 5.32 Å². The largest absolute Gasteiger partial charge is 0.342 e. The Morgan fingerprint density at radius 3 is 3.00 bits per heavy atom. The van der Waals surface area contributed by atoms with E-state index in [1.165, 1.54) is 23.5 Å². The van der Waals surface area contributed by atoms with E-state index >= 15 is 0 Å². The molecular formula is C16H17FN4O2S. The van der Waals surface area contributed by atoms with E-state index in [1.54, 1.807) is 11.0 Å². The van der Waals surface area contributed by atoms with Gasteiger partial charge < -0.3 is 10.2 Å². The first kappa shape index (κ1) is 16.5. The van der Waals surface area contributed by atoms with Gasteiger partial charge in [-0.2, -0.15) is 0 Å². The molecule has 6 nitrogen and oxygen atoms in total. The molecule has 1 aromatic heterocycles. The lowest BCUT2D eigenvalue weighted by Crippen LogP contribution is -2.28. The van der Waals surface area contributed by atoms with Crippen LogP contribution in [-0.4, -0.2) is 40.0 Å². The highest BCUT2D eigenvalue weighted by molar-refractivity contribution is 7.15. The predicted octanol–water partition coefficient (Wildman–Crippen LogP) is 2.07. The second-order valence-electron chi connectivity index (χ2n) is 5.63. The molecule has 2 heterocycles. The summed E-state index contributed by atoms with van der Waals surface area (Å²) in [5.74, 6) is -0.862. The third kappa shape index (κ3) is 3.76. The van der Waals surface area contributed by atoms with Gasteiger partial charge >= 0.3 is 0 Å². The quantitative estimate of drug-likeness (QED) is 0.898. The third-order valence-corrected chi connectivity index (χ3v) is 4.75. The van der Waals surface area contributed by atoms with Gasteiger partial charge in [0.25, 0.3) is 0 Å². The lowest BCUT2D eigenvalue weighted by Gasteiger charge is -2.12. The Bertz CT molecular complexity index is 764. The number of aromatic nitrogens is 2. The van der Waals surface area contributed by atoms with Crippen molar-refractivity contribution in [2.75, 3.05) is 18.4 Å². The first-order chi connectivity index (χ1) is 11.5. The SMILES string of the molecule is CCN1CC(C(=O)Nc2nnc(Cc3cccc(F)c3)s2)CC1=O. The number of carbonyl (C=O) groups is 2. The monoisotopic (exact) mass is 348 g/mol. The van der Waals surface area contributed by atoms with Crippen LogP contribution >= 0.6 is 11.3 Å². The number of nitrogens with zero attached hydrogens (tertiary/aromatic N) is 3. The summed E-state index contributed by atoms with van der Waals surface area (Å²) in [6.45, 7) is 2.94. The molecule has 0 spiro atoms. The van der Waals surface area contributed by atoms with Crippen LogP contribution in [0, 0.1) is 11.7 Å². The fourth-order valence-corrected chi connectivity index (χ4v) is 3.43. The maximum Gasteiger partial charge on any atom is 0.231 e. The summed E-state index contributed by atoms with van der Waals surface area (Å²) in [6, 6.07) is 6.29. The van der Waals surface area contributed by atoms with Crippen LogP contribution in [0.3, 0.4) is 0 Å². The lowest BCUT2D eigenvalue weighted by molar-refractivity contribution is -0.128. The second kappa shape index (κ2) is 7.04. The van der Waals surface area contributed by atoms with Gasteiger partial charge in [-0.15, -0.1) is 10.2 Å². The Morgan fingerprint density at radius 2 is 2.29 bits per heavy atom. The molecule has 1 saturated heterocycles. The zero-order valence-electron chi connectivity index (χ0n) is 13.2. The highest BCUT2D eigenvalue weighted by Gasteiger charge is 2.33. The molecule has 1 N–H and O–H groups in total. The number of anilines is 1. The van der Waals surface area contributed by atoms with Gasteiger partial charge in [0, 0.05) is 25.9 Å². The smallest absolute Gasteiger partial charge is 0.231 e. The molecule has 1 fully saturated rings. The van der Waals surface area contributed by atoms with Crippen LogP contribution in [0.25, 0.3) is 0 Å². The van der Waals surface area contributed by atoms with Gasteiger partial charge in [-0.1, -0.05) is 23.5 Å². The standard InChI is InChI=1S/C16H17FN4O2S/c1-2-21-9-11(8-14(21)22)15(23)18-16-20-19-13(24-16)7-10-4-3-5-12(17)6-10/h3-6,11H,2,7-9H2,1H3,(H,18,20,23). The number of hydrogen-bond donors (Lipinski definition) is 1. The number of rotatable bonds is 5. The molecular weight excluding hydrogens is 331 g/mol. The van der Waals surface area contributed by atoms with E-state index in [0.29, 0.717) is 29.6 Å². The molecule has 1 aliphatic heterocycles. The minimum absolute atomic E-state index is 0.00158. The fraction of sp³-hybridized carbons (Fsp3) is 0.375. The van der Waals surface area contributed by atoms with E-state index in [0.717, 1.165) is 5.56 Å². The Morgan fingerprint density at radius 1 is 1.46 bits per heavy atom. The second-order valence-corrected chi connectivity index (χ2v) is 6.69. The summed E-state index contributed by atoms with van der Waals surface area (Å²) < 4.78 is 13.2. The van der Waals surface area contributed by atoms with Crippen LogP contribution in [0.4, 0.5) is 9.52 Å². The topological polar surface area (TPSA) is 75.2 Å². The Kier molecular flexibility index (Phi) is 4.84. The molecule has 1 atom stereocenters. The average Bonchev–Trinajstić information content (AvgIpc) is 3.13. The minimum atomic E-state index is -0.354. The molecule has 0 saturated carbocycles. The molecule has 1 aromatic carbocycles. The van der Waals surface area contributed by atoms with Crippen molar-refractivity contribution in [3.8, 4) is 0 Å². The zero-order chi connectivity index (χ0) is 17.1. The average molecular weight is 348 g/mol. The Labute approximate surface area is 142 Å². The van der Waals surface area contributed by atoms with Crippen LogP contribution in [-0.2, 0) is 16.0 Å². The molecule has 0 radical (unpaired) electrons. The van der Waals surface area contributed by atoms with Gasteiger partial charge in [0.2, 0.25) is 16.9 Å². The van der Waals surface area contributed by atoms with Crippen molar-refractivity contribution in [3.63, 3.8) is 0 Å². The highest BCUT2D eigenvalue weighted by atomic mass is 32.1. The lowest BCUT2D eigenvalue weighted by atomic mass is 10.1. The van der Waals surface area contributed by atoms with E-state index in [4.69, 9.17) is 0 Å². The minimum Gasteiger partial charge on any atom is -0.342 e. The number of benzene rings is 1. The maximum absolute atomic E-state index is 13.2. The summed E-state index contributed by atoms with van der Waals surface area (Å²) in [6.07, 6.45) is 0.686. The molecule has 0 aliphatic carbocycles. The number of halogens is 1. The van der Waals surface area contributed by atoms with Gasteiger partial charge in [0.15, 0.2) is 0 Å². The van der Waals surface area contributed by atoms with Crippen LogP contribution in [0.15, 0.2) is 24.3 Å². The van der Waals surface area contributed by atoms with E-state index < -0.39 is 0 Å². The maximum atomic E-state index is 13.2. The molecule has 2 amide bonds. The van der Waals surface area contributed by atoms with E-state index in [2.05, 4.69) is 15.5 Å². The normalized spacial score (nSPS) is 17.3. The van der Waals surface area contributed by atoms with Crippen LogP contribution in [0.2, 0.25) is 0 Å².